The third-order valence-corrected chi connectivity index (χ3v) is 2.31. The van der Waals surface area contributed by atoms with Crippen molar-refractivity contribution >= 4 is 23.5 Å². The van der Waals surface area contributed by atoms with Gasteiger partial charge in [-0.05, 0) is 12.1 Å². The van der Waals surface area contributed by atoms with E-state index in [4.69, 9.17) is 11.6 Å². The molecule has 1 aromatic rings. The molecule has 0 atom stereocenters. The van der Waals surface area contributed by atoms with Crippen molar-refractivity contribution in [2.45, 2.75) is 0 Å². The molecule has 0 radical (unpaired) electrons. The predicted molar refractivity (Wildman–Crippen MR) is 60.4 cm³/mol. The molecule has 0 N–H and O–H groups in total. The third kappa shape index (κ3) is 3.42. The van der Waals surface area contributed by atoms with Gasteiger partial charge in [0.05, 0.1) is 5.02 Å². The van der Waals surface area contributed by atoms with Gasteiger partial charge in [0, 0.05) is 14.1 Å². The Balaban J connectivity index is 2.74. The Morgan fingerprint density at radius 3 is 2.59 bits per heavy atom. The molecule has 0 saturated heterocycles. The van der Waals surface area contributed by atoms with Crippen LogP contribution in [-0.4, -0.2) is 37.5 Å². The summed E-state index contributed by atoms with van der Waals surface area (Å²) in [6.07, 6.45) is 0. The second-order valence-electron chi connectivity index (χ2n) is 3.46. The van der Waals surface area contributed by atoms with Gasteiger partial charge in [0.25, 0.3) is 5.91 Å². The zero-order valence-corrected chi connectivity index (χ0v) is 10.1. The number of ether oxygens (including phenoxy) is 1. The van der Waals surface area contributed by atoms with Crippen LogP contribution in [0.15, 0.2) is 18.2 Å². The summed E-state index contributed by atoms with van der Waals surface area (Å²) < 4.78 is 18.0. The zero-order chi connectivity index (χ0) is 13.0. The van der Waals surface area contributed by atoms with E-state index in [1.807, 2.05) is 0 Å². The van der Waals surface area contributed by atoms with E-state index in [0.29, 0.717) is 0 Å². The number of hydrogen-bond donors (Lipinski definition) is 0. The minimum atomic E-state index is -0.955. The van der Waals surface area contributed by atoms with Crippen LogP contribution in [0.3, 0.4) is 0 Å². The van der Waals surface area contributed by atoms with E-state index in [2.05, 4.69) is 4.74 Å². The molecule has 0 heterocycles. The monoisotopic (exact) mass is 259 g/mol. The van der Waals surface area contributed by atoms with Crippen LogP contribution in [0, 0.1) is 5.82 Å². The summed E-state index contributed by atoms with van der Waals surface area (Å²) >= 11 is 5.67. The van der Waals surface area contributed by atoms with Gasteiger partial charge in [-0.3, -0.25) is 4.79 Å². The molecule has 1 rings (SSSR count). The Bertz CT molecular complexity index is 428. The maximum atomic E-state index is 13.3. The SMILES string of the molecule is CN(C)C(=O)COC(=O)c1c(F)cccc1Cl. The number of carbonyl (C=O) groups is 2. The maximum absolute atomic E-state index is 13.3. The molecule has 6 heteroatoms. The quantitative estimate of drug-likeness (QED) is 0.777. The van der Waals surface area contributed by atoms with E-state index in [1.54, 1.807) is 0 Å². The fourth-order valence-electron chi connectivity index (χ4n) is 1.02. The number of rotatable bonds is 3. The molecule has 0 unspecified atom stereocenters. The Labute approximate surface area is 103 Å². The summed E-state index contributed by atoms with van der Waals surface area (Å²) in [5.41, 5.74) is -0.360. The zero-order valence-electron chi connectivity index (χ0n) is 9.37. The highest BCUT2D eigenvalue weighted by Gasteiger charge is 2.18. The molecule has 92 valence electrons. The van der Waals surface area contributed by atoms with Crippen LogP contribution in [0.25, 0.3) is 0 Å². The van der Waals surface area contributed by atoms with Crippen molar-refractivity contribution in [2.75, 3.05) is 20.7 Å². The lowest BCUT2D eigenvalue weighted by atomic mass is 10.2. The minimum Gasteiger partial charge on any atom is -0.452 e. The van der Waals surface area contributed by atoms with Crippen molar-refractivity contribution in [3.05, 3.63) is 34.6 Å². The summed E-state index contributed by atoms with van der Waals surface area (Å²) in [6, 6.07) is 3.84. The smallest absolute Gasteiger partial charge is 0.343 e. The highest BCUT2D eigenvalue weighted by molar-refractivity contribution is 6.33. The van der Waals surface area contributed by atoms with Gasteiger partial charge in [0.2, 0.25) is 0 Å². The molecule has 0 fully saturated rings. The lowest BCUT2D eigenvalue weighted by Gasteiger charge is -2.11. The van der Waals surface area contributed by atoms with Crippen LogP contribution in [-0.2, 0) is 9.53 Å². The lowest BCUT2D eigenvalue weighted by molar-refractivity contribution is -0.131. The van der Waals surface area contributed by atoms with Crippen molar-refractivity contribution < 1.29 is 18.7 Å². The summed E-state index contributed by atoms with van der Waals surface area (Å²) in [5.74, 6) is -2.13. The molecule has 0 aliphatic heterocycles. The number of benzene rings is 1. The summed E-state index contributed by atoms with van der Waals surface area (Å²) in [6.45, 7) is -0.448. The standard InChI is InChI=1S/C11H11ClFNO3/c1-14(2)9(15)6-17-11(16)10-7(12)4-3-5-8(10)13/h3-5H,6H2,1-2H3. The van der Waals surface area contributed by atoms with E-state index in [0.717, 1.165) is 6.07 Å². The molecule has 4 nitrogen and oxygen atoms in total. The van der Waals surface area contributed by atoms with E-state index in [1.165, 1.54) is 31.1 Å². The molecule has 0 spiro atoms. The number of esters is 1. The van der Waals surface area contributed by atoms with E-state index >= 15 is 0 Å². The Morgan fingerprint density at radius 2 is 2.06 bits per heavy atom. The average Bonchev–Trinajstić information content (AvgIpc) is 2.25. The topological polar surface area (TPSA) is 46.6 Å². The minimum absolute atomic E-state index is 0.0488. The molecule has 0 bridgehead atoms. The van der Waals surface area contributed by atoms with Crippen LogP contribution in [0.4, 0.5) is 4.39 Å². The summed E-state index contributed by atoms with van der Waals surface area (Å²) in [7, 11) is 3.04. The second kappa shape index (κ2) is 5.63. The first-order chi connectivity index (χ1) is 7.93. The molecule has 17 heavy (non-hydrogen) atoms. The van der Waals surface area contributed by atoms with Crippen LogP contribution < -0.4 is 0 Å². The molecule has 0 aliphatic rings. The van der Waals surface area contributed by atoms with Crippen molar-refractivity contribution in [3.63, 3.8) is 0 Å². The van der Waals surface area contributed by atoms with E-state index in [9.17, 15) is 14.0 Å². The highest BCUT2D eigenvalue weighted by atomic mass is 35.5. The number of nitrogens with zero attached hydrogens (tertiary/aromatic N) is 1. The van der Waals surface area contributed by atoms with E-state index < -0.39 is 24.3 Å². The van der Waals surface area contributed by atoms with Crippen molar-refractivity contribution in [3.8, 4) is 0 Å². The Hall–Kier alpha value is -1.62. The molecule has 1 amide bonds. The van der Waals surface area contributed by atoms with Gasteiger partial charge >= 0.3 is 5.97 Å². The highest BCUT2D eigenvalue weighted by Crippen LogP contribution is 2.19. The van der Waals surface area contributed by atoms with Crippen LogP contribution in [0.2, 0.25) is 5.02 Å². The lowest BCUT2D eigenvalue weighted by Crippen LogP contribution is -2.27. The Kier molecular flexibility index (Phi) is 4.45. The summed E-state index contributed by atoms with van der Waals surface area (Å²) in [4.78, 5) is 23.9. The number of likely N-dealkylation sites (N-methyl/N-ethyl adjacent to an activating group) is 1. The fourth-order valence-corrected chi connectivity index (χ4v) is 1.26. The summed E-state index contributed by atoms with van der Waals surface area (Å²) in [5, 5.41) is -0.0488. The molecule has 0 aromatic heterocycles. The molecule has 0 aliphatic carbocycles. The molecule has 0 saturated carbocycles. The third-order valence-electron chi connectivity index (χ3n) is 1.99. The van der Waals surface area contributed by atoms with Gasteiger partial charge in [-0.15, -0.1) is 0 Å². The molecular weight excluding hydrogens is 249 g/mol. The van der Waals surface area contributed by atoms with Crippen molar-refractivity contribution in [1.29, 1.82) is 0 Å². The molecular formula is C11H11ClFNO3. The van der Waals surface area contributed by atoms with Gasteiger partial charge in [-0.2, -0.15) is 0 Å². The van der Waals surface area contributed by atoms with Crippen LogP contribution in [0.1, 0.15) is 10.4 Å². The number of carbonyl (C=O) groups excluding carboxylic acids is 2. The number of hydrogen-bond acceptors (Lipinski definition) is 3. The van der Waals surface area contributed by atoms with E-state index in [-0.39, 0.29) is 10.6 Å². The largest absolute Gasteiger partial charge is 0.452 e. The number of amides is 1. The van der Waals surface area contributed by atoms with Crippen molar-refractivity contribution in [1.82, 2.24) is 4.90 Å². The van der Waals surface area contributed by atoms with Gasteiger partial charge in [0.1, 0.15) is 11.4 Å². The van der Waals surface area contributed by atoms with Crippen molar-refractivity contribution in [2.24, 2.45) is 0 Å². The van der Waals surface area contributed by atoms with Crippen LogP contribution in [0.5, 0.6) is 0 Å². The number of halogens is 2. The van der Waals surface area contributed by atoms with Gasteiger partial charge in [-0.1, -0.05) is 17.7 Å². The maximum Gasteiger partial charge on any atom is 0.343 e. The fraction of sp³-hybridized carbons (Fsp3) is 0.273. The van der Waals surface area contributed by atoms with Gasteiger partial charge in [0.15, 0.2) is 6.61 Å². The predicted octanol–water partition coefficient (Wildman–Crippen LogP) is 1.72. The first kappa shape index (κ1) is 13.4. The first-order valence-electron chi connectivity index (χ1n) is 4.74. The van der Waals surface area contributed by atoms with Crippen LogP contribution >= 0.6 is 11.6 Å². The molecule has 1 aromatic carbocycles. The van der Waals surface area contributed by atoms with Gasteiger partial charge in [-0.25, -0.2) is 9.18 Å². The average molecular weight is 260 g/mol. The first-order valence-corrected chi connectivity index (χ1v) is 5.12. The Morgan fingerprint density at radius 1 is 1.41 bits per heavy atom. The normalized spacial score (nSPS) is 9.88. The van der Waals surface area contributed by atoms with Gasteiger partial charge < -0.3 is 9.64 Å². The second-order valence-corrected chi connectivity index (χ2v) is 3.87.